The van der Waals surface area contributed by atoms with Crippen LogP contribution in [-0.2, 0) is 19.5 Å². The summed E-state index contributed by atoms with van der Waals surface area (Å²) < 4.78 is 6.01. The molecule has 2 aromatic rings. The Morgan fingerprint density at radius 1 is 1.24 bits per heavy atom. The molecular formula is C18H24N2O. The number of benzene rings is 1. The molecule has 1 aromatic carbocycles. The van der Waals surface area contributed by atoms with Crippen molar-refractivity contribution in [2.75, 3.05) is 18.5 Å². The molecule has 3 nitrogen and oxygen atoms in total. The second-order valence-electron chi connectivity index (χ2n) is 5.86. The molecule has 0 saturated carbocycles. The molecule has 1 aliphatic heterocycles. The molecule has 112 valence electrons. The summed E-state index contributed by atoms with van der Waals surface area (Å²) in [7, 11) is 1.95. The van der Waals surface area contributed by atoms with E-state index in [9.17, 15) is 0 Å². The maximum absolute atomic E-state index is 6.01. The highest BCUT2D eigenvalue weighted by atomic mass is 16.3. The van der Waals surface area contributed by atoms with Crippen molar-refractivity contribution in [3.05, 3.63) is 53.0 Å². The number of nitrogens with zero attached hydrogens (tertiary/aromatic N) is 1. The van der Waals surface area contributed by atoms with Gasteiger partial charge in [-0.15, -0.1) is 0 Å². The highest BCUT2D eigenvalue weighted by molar-refractivity contribution is 5.54. The van der Waals surface area contributed by atoms with Gasteiger partial charge in [-0.05, 0) is 56.5 Å². The van der Waals surface area contributed by atoms with E-state index in [4.69, 9.17) is 4.42 Å². The summed E-state index contributed by atoms with van der Waals surface area (Å²) in [6, 6.07) is 11.0. The third-order valence-corrected chi connectivity index (χ3v) is 4.21. The number of hydrogen-bond donors (Lipinski definition) is 1. The average Bonchev–Trinajstić information content (AvgIpc) is 2.71. The molecule has 3 heteroatoms. The highest BCUT2D eigenvalue weighted by Crippen LogP contribution is 2.28. The predicted molar refractivity (Wildman–Crippen MR) is 86.6 cm³/mol. The van der Waals surface area contributed by atoms with Crippen molar-refractivity contribution in [1.29, 1.82) is 0 Å². The van der Waals surface area contributed by atoms with Crippen molar-refractivity contribution in [1.82, 2.24) is 5.32 Å². The van der Waals surface area contributed by atoms with E-state index >= 15 is 0 Å². The summed E-state index contributed by atoms with van der Waals surface area (Å²) in [4.78, 5) is 2.46. The largest absolute Gasteiger partial charge is 0.463 e. The lowest BCUT2D eigenvalue weighted by Gasteiger charge is -2.23. The zero-order valence-corrected chi connectivity index (χ0v) is 13.0. The molecule has 0 bridgehead atoms. The van der Waals surface area contributed by atoms with Gasteiger partial charge in [-0.1, -0.05) is 18.2 Å². The minimum atomic E-state index is 0.794. The van der Waals surface area contributed by atoms with Crippen LogP contribution < -0.4 is 10.2 Å². The number of nitrogens with one attached hydrogen (secondary N) is 1. The fourth-order valence-corrected chi connectivity index (χ4v) is 3.13. The normalized spacial score (nSPS) is 14.9. The Kier molecular flexibility index (Phi) is 4.30. The maximum Gasteiger partial charge on any atom is 0.123 e. The molecule has 0 saturated heterocycles. The summed E-state index contributed by atoms with van der Waals surface area (Å²) in [6.07, 6.45) is 3.71. The Balaban J connectivity index is 1.82. The van der Waals surface area contributed by atoms with Crippen LogP contribution in [0.5, 0.6) is 0 Å². The summed E-state index contributed by atoms with van der Waals surface area (Å²) in [5.41, 5.74) is 4.08. The minimum absolute atomic E-state index is 0.794. The number of anilines is 1. The van der Waals surface area contributed by atoms with E-state index in [0.717, 1.165) is 31.2 Å². The van der Waals surface area contributed by atoms with Gasteiger partial charge in [0.25, 0.3) is 0 Å². The van der Waals surface area contributed by atoms with Crippen LogP contribution in [0.15, 0.2) is 34.7 Å². The topological polar surface area (TPSA) is 28.4 Å². The zero-order valence-electron chi connectivity index (χ0n) is 13.0. The fraction of sp³-hybridized carbons (Fsp3) is 0.444. The second-order valence-corrected chi connectivity index (χ2v) is 5.86. The third-order valence-electron chi connectivity index (χ3n) is 4.21. The van der Waals surface area contributed by atoms with Gasteiger partial charge in [0.2, 0.25) is 0 Å². The molecular weight excluding hydrogens is 260 g/mol. The van der Waals surface area contributed by atoms with E-state index in [2.05, 4.69) is 47.5 Å². The lowest BCUT2D eigenvalue weighted by Crippen LogP contribution is -2.23. The molecule has 1 aliphatic rings. The van der Waals surface area contributed by atoms with Gasteiger partial charge in [-0.25, -0.2) is 0 Å². The first-order valence-electron chi connectivity index (χ1n) is 7.83. The Bertz CT molecular complexity index is 603. The smallest absolute Gasteiger partial charge is 0.123 e. The second kappa shape index (κ2) is 6.35. The first kappa shape index (κ1) is 14.2. The minimum Gasteiger partial charge on any atom is -0.463 e. The molecule has 1 N–H and O–H groups in total. The first-order valence-corrected chi connectivity index (χ1v) is 7.83. The van der Waals surface area contributed by atoms with Gasteiger partial charge in [0.05, 0.1) is 13.1 Å². The quantitative estimate of drug-likeness (QED) is 0.929. The average molecular weight is 284 g/mol. The van der Waals surface area contributed by atoms with Gasteiger partial charge in [0.15, 0.2) is 0 Å². The van der Waals surface area contributed by atoms with Crippen molar-refractivity contribution < 1.29 is 4.42 Å². The van der Waals surface area contributed by atoms with Gasteiger partial charge in [-0.2, -0.15) is 0 Å². The zero-order chi connectivity index (χ0) is 14.7. The molecule has 0 spiro atoms. The molecule has 0 amide bonds. The number of hydrogen-bond acceptors (Lipinski definition) is 3. The van der Waals surface area contributed by atoms with Crippen molar-refractivity contribution >= 4 is 5.69 Å². The van der Waals surface area contributed by atoms with Gasteiger partial charge < -0.3 is 14.6 Å². The van der Waals surface area contributed by atoms with Crippen LogP contribution in [0.25, 0.3) is 0 Å². The third kappa shape index (κ3) is 3.13. The van der Waals surface area contributed by atoms with Crippen LogP contribution in [0.3, 0.4) is 0 Å². The van der Waals surface area contributed by atoms with Gasteiger partial charge >= 0.3 is 0 Å². The number of para-hydroxylation sites is 1. The summed E-state index contributed by atoms with van der Waals surface area (Å²) in [6.45, 7) is 4.89. The molecule has 0 unspecified atom stereocenters. The van der Waals surface area contributed by atoms with Crippen LogP contribution in [0.2, 0.25) is 0 Å². The van der Waals surface area contributed by atoms with Gasteiger partial charge in [-0.3, -0.25) is 0 Å². The lowest BCUT2D eigenvalue weighted by molar-refractivity contribution is 0.448. The Hall–Kier alpha value is -1.74. The van der Waals surface area contributed by atoms with E-state index in [1.807, 2.05) is 7.05 Å². The molecule has 2 heterocycles. The number of furan rings is 1. The Morgan fingerprint density at radius 3 is 2.95 bits per heavy atom. The molecule has 21 heavy (non-hydrogen) atoms. The Morgan fingerprint density at radius 2 is 2.10 bits per heavy atom. The van der Waals surface area contributed by atoms with Crippen molar-refractivity contribution in [2.24, 2.45) is 0 Å². The number of fused-ring (bicyclic) bond motifs is 1. The SMILES string of the molecule is CNCc1oc(CN2CCCCc3ccccc32)cc1C. The van der Waals surface area contributed by atoms with Crippen molar-refractivity contribution in [3.8, 4) is 0 Å². The van der Waals surface area contributed by atoms with E-state index in [0.29, 0.717) is 0 Å². The summed E-state index contributed by atoms with van der Waals surface area (Å²) in [5, 5.41) is 3.16. The molecule has 0 aliphatic carbocycles. The predicted octanol–water partition coefficient (Wildman–Crippen LogP) is 3.65. The van der Waals surface area contributed by atoms with E-state index < -0.39 is 0 Å². The van der Waals surface area contributed by atoms with Crippen LogP contribution in [-0.4, -0.2) is 13.6 Å². The maximum atomic E-state index is 6.01. The van der Waals surface area contributed by atoms with Crippen LogP contribution >= 0.6 is 0 Å². The fourth-order valence-electron chi connectivity index (χ4n) is 3.13. The standard InChI is InChI=1S/C18H24N2O/c1-14-11-16(21-18(14)12-19-2)13-20-10-6-5-8-15-7-3-4-9-17(15)20/h3-4,7,9,11,19H,5-6,8,10,12-13H2,1-2H3. The highest BCUT2D eigenvalue weighted by Gasteiger charge is 2.17. The summed E-state index contributed by atoms with van der Waals surface area (Å²) in [5.74, 6) is 2.12. The van der Waals surface area contributed by atoms with Crippen LogP contribution in [0, 0.1) is 6.92 Å². The van der Waals surface area contributed by atoms with Crippen molar-refractivity contribution in [3.63, 3.8) is 0 Å². The van der Waals surface area contributed by atoms with Crippen LogP contribution in [0.1, 0.15) is 35.5 Å². The van der Waals surface area contributed by atoms with Crippen molar-refractivity contribution in [2.45, 2.75) is 39.3 Å². The Labute approximate surface area is 127 Å². The molecule has 0 radical (unpaired) electrons. The molecule has 0 fully saturated rings. The molecule has 1 aromatic heterocycles. The summed E-state index contributed by atoms with van der Waals surface area (Å²) >= 11 is 0. The van der Waals surface area contributed by atoms with Gasteiger partial charge in [0.1, 0.15) is 11.5 Å². The molecule has 0 atom stereocenters. The van der Waals surface area contributed by atoms with Gasteiger partial charge in [0, 0.05) is 12.2 Å². The number of rotatable bonds is 4. The van der Waals surface area contributed by atoms with E-state index in [1.54, 1.807) is 0 Å². The lowest BCUT2D eigenvalue weighted by atomic mass is 10.1. The van der Waals surface area contributed by atoms with E-state index in [-0.39, 0.29) is 0 Å². The first-order chi connectivity index (χ1) is 10.3. The monoisotopic (exact) mass is 284 g/mol. The van der Waals surface area contributed by atoms with Crippen LogP contribution in [0.4, 0.5) is 5.69 Å². The number of aryl methyl sites for hydroxylation is 2. The molecule has 3 rings (SSSR count). The van der Waals surface area contributed by atoms with E-state index in [1.165, 1.54) is 36.1 Å².